The van der Waals surface area contributed by atoms with Gasteiger partial charge in [0.25, 0.3) is 0 Å². The molecule has 1 unspecified atom stereocenters. The molecule has 0 radical (unpaired) electrons. The van der Waals surface area contributed by atoms with E-state index < -0.39 is 39.9 Å². The Morgan fingerprint density at radius 3 is 1.97 bits per heavy atom. The lowest BCUT2D eigenvalue weighted by Gasteiger charge is -2.44. The van der Waals surface area contributed by atoms with Gasteiger partial charge in [0.15, 0.2) is 5.28 Å². The summed E-state index contributed by atoms with van der Waals surface area (Å²) in [6.45, 7) is 10.0. The molecule has 162 valence electrons. The normalized spacial score (nSPS) is 21.0. The lowest BCUT2D eigenvalue weighted by Crippen LogP contribution is -2.49. The molecular weight excluding hydrogens is 437 g/mol. The van der Waals surface area contributed by atoms with Gasteiger partial charge >= 0.3 is 7.60 Å². The van der Waals surface area contributed by atoms with Gasteiger partial charge in [0.2, 0.25) is 15.8 Å². The van der Waals surface area contributed by atoms with Gasteiger partial charge in [0.1, 0.15) is 0 Å². The van der Waals surface area contributed by atoms with Crippen molar-refractivity contribution < 1.29 is 26.8 Å². The third-order valence-corrected chi connectivity index (χ3v) is 7.74. The van der Waals surface area contributed by atoms with Crippen molar-refractivity contribution in [3.63, 3.8) is 0 Å². The lowest BCUT2D eigenvalue weighted by molar-refractivity contribution is 0.0395. The van der Waals surface area contributed by atoms with Gasteiger partial charge in [-0.05, 0) is 47.6 Å². The van der Waals surface area contributed by atoms with E-state index in [9.17, 15) is 17.8 Å². The van der Waals surface area contributed by atoms with E-state index in [1.54, 1.807) is 53.7 Å². The number of hydrogen-bond donors (Lipinski definition) is 1. The molecule has 1 atom stereocenters. The largest absolute Gasteiger partial charge is 0.361 e. The SMILES string of the molecule is CC(C)(C)OP(=O)(OC(C)(C)C)C1(NS(C)(=O)=O)C=C(Cl)C(=O)c2ccccc21. The highest BCUT2D eigenvalue weighted by Gasteiger charge is 2.59. The fraction of sp³-hybridized carbons (Fsp3) is 0.526. The highest BCUT2D eigenvalue weighted by Crippen LogP contribution is 2.69. The zero-order chi connectivity index (χ0) is 22.5. The van der Waals surface area contributed by atoms with Crippen molar-refractivity contribution in [3.05, 3.63) is 46.5 Å². The van der Waals surface area contributed by atoms with Gasteiger partial charge in [-0.15, -0.1) is 0 Å². The molecule has 1 aliphatic rings. The number of sulfonamides is 1. The van der Waals surface area contributed by atoms with Crippen molar-refractivity contribution in [1.29, 1.82) is 0 Å². The van der Waals surface area contributed by atoms with Crippen LogP contribution in [0.15, 0.2) is 35.4 Å². The zero-order valence-electron chi connectivity index (χ0n) is 17.6. The van der Waals surface area contributed by atoms with E-state index in [4.69, 9.17) is 20.6 Å². The predicted molar refractivity (Wildman–Crippen MR) is 114 cm³/mol. The van der Waals surface area contributed by atoms with Crippen molar-refractivity contribution in [1.82, 2.24) is 4.72 Å². The van der Waals surface area contributed by atoms with Crippen LogP contribution in [-0.2, 0) is 28.9 Å². The molecule has 0 saturated heterocycles. The molecule has 0 aromatic heterocycles. The Bertz CT molecular complexity index is 986. The van der Waals surface area contributed by atoms with E-state index in [0.29, 0.717) is 0 Å². The van der Waals surface area contributed by atoms with Gasteiger partial charge in [-0.2, -0.15) is 4.72 Å². The molecule has 0 aliphatic heterocycles. The van der Waals surface area contributed by atoms with Crippen molar-refractivity contribution >= 4 is 35.0 Å². The number of nitrogens with one attached hydrogen (secondary N) is 1. The minimum absolute atomic E-state index is 0.117. The van der Waals surface area contributed by atoms with Crippen LogP contribution in [0.5, 0.6) is 0 Å². The molecule has 2 rings (SSSR count). The van der Waals surface area contributed by atoms with Crippen LogP contribution in [-0.4, -0.2) is 31.7 Å². The van der Waals surface area contributed by atoms with E-state index in [1.165, 1.54) is 12.1 Å². The summed E-state index contributed by atoms with van der Waals surface area (Å²) in [5.41, 5.74) is -1.67. The number of allylic oxidation sites excluding steroid dienone is 1. The second kappa shape index (κ2) is 7.59. The van der Waals surface area contributed by atoms with Gasteiger partial charge in [-0.3, -0.25) is 9.36 Å². The molecule has 0 amide bonds. The smallest absolute Gasteiger partial charge is 0.301 e. The van der Waals surface area contributed by atoms with Crippen molar-refractivity contribution in [2.75, 3.05) is 6.26 Å². The summed E-state index contributed by atoms with van der Waals surface area (Å²) in [5.74, 6) is -0.508. The van der Waals surface area contributed by atoms with Crippen molar-refractivity contribution in [3.8, 4) is 0 Å². The maximum atomic E-state index is 14.4. The maximum absolute atomic E-state index is 14.4. The molecule has 7 nitrogen and oxygen atoms in total. The second-order valence-corrected chi connectivity index (χ2v) is 13.1. The molecule has 0 fully saturated rings. The Labute approximate surface area is 177 Å². The summed E-state index contributed by atoms with van der Waals surface area (Å²) in [7, 11) is -8.32. The molecular formula is C19H27ClNO6PS. The van der Waals surface area contributed by atoms with Crippen LogP contribution in [0.25, 0.3) is 0 Å². The molecule has 0 heterocycles. The van der Waals surface area contributed by atoms with E-state index in [-0.39, 0.29) is 16.2 Å². The molecule has 0 saturated carbocycles. The highest BCUT2D eigenvalue weighted by atomic mass is 35.5. The Morgan fingerprint density at radius 1 is 1.03 bits per heavy atom. The lowest BCUT2D eigenvalue weighted by atomic mass is 9.92. The molecule has 10 heteroatoms. The van der Waals surface area contributed by atoms with Crippen LogP contribution >= 0.6 is 19.2 Å². The molecule has 1 N–H and O–H groups in total. The average molecular weight is 464 g/mol. The number of halogens is 1. The maximum Gasteiger partial charge on any atom is 0.361 e. The summed E-state index contributed by atoms with van der Waals surface area (Å²) < 4.78 is 53.4. The Balaban J connectivity index is 2.97. The van der Waals surface area contributed by atoms with Gasteiger partial charge in [0, 0.05) is 11.1 Å². The van der Waals surface area contributed by atoms with E-state index in [1.807, 2.05) is 0 Å². The number of benzene rings is 1. The van der Waals surface area contributed by atoms with Crippen LogP contribution in [0.3, 0.4) is 0 Å². The number of Topliss-reactive ketones (excluding diaryl/α,β-unsaturated/α-hetero) is 1. The number of carbonyl (C=O) groups is 1. The topological polar surface area (TPSA) is 98.8 Å². The second-order valence-electron chi connectivity index (χ2n) is 8.91. The first-order valence-electron chi connectivity index (χ1n) is 8.92. The Hall–Kier alpha value is -1.02. The van der Waals surface area contributed by atoms with Crippen LogP contribution in [0.4, 0.5) is 0 Å². The van der Waals surface area contributed by atoms with E-state index in [2.05, 4.69) is 4.72 Å². The Morgan fingerprint density at radius 2 is 1.52 bits per heavy atom. The molecule has 29 heavy (non-hydrogen) atoms. The van der Waals surface area contributed by atoms with Crippen molar-refractivity contribution in [2.45, 2.75) is 58.0 Å². The molecule has 1 aromatic rings. The molecule has 1 aliphatic carbocycles. The number of ketones is 1. The van der Waals surface area contributed by atoms with Gasteiger partial charge in [0.05, 0.1) is 22.5 Å². The standard InChI is InChI=1S/C19H27ClNO6PS/c1-17(2,3)26-28(23,27-18(4,5)6)19(21-29(7,24)25)12-15(20)16(22)13-10-8-9-11-14(13)19/h8-12,21H,1-7H3. The summed E-state index contributed by atoms with van der Waals surface area (Å²) in [4.78, 5) is 12.6. The first-order valence-corrected chi connectivity index (χ1v) is 12.7. The minimum atomic E-state index is -4.36. The minimum Gasteiger partial charge on any atom is -0.301 e. The summed E-state index contributed by atoms with van der Waals surface area (Å²) in [5, 5.41) is -2.31. The Kier molecular flexibility index (Phi) is 6.35. The summed E-state index contributed by atoms with van der Waals surface area (Å²) >= 11 is 6.20. The molecule has 1 aromatic carbocycles. The number of fused-ring (bicyclic) bond motifs is 1. The third-order valence-electron chi connectivity index (χ3n) is 3.70. The van der Waals surface area contributed by atoms with E-state index in [0.717, 1.165) is 12.3 Å². The first-order chi connectivity index (χ1) is 12.9. The summed E-state index contributed by atoms with van der Waals surface area (Å²) in [6.07, 6.45) is 2.05. The quantitative estimate of drug-likeness (QED) is 0.644. The fourth-order valence-electron chi connectivity index (χ4n) is 3.00. The van der Waals surface area contributed by atoms with Crippen LogP contribution < -0.4 is 4.72 Å². The monoisotopic (exact) mass is 463 g/mol. The average Bonchev–Trinajstić information content (AvgIpc) is 2.47. The zero-order valence-corrected chi connectivity index (χ0v) is 20.0. The third kappa shape index (κ3) is 5.37. The summed E-state index contributed by atoms with van der Waals surface area (Å²) in [6, 6.07) is 6.22. The van der Waals surface area contributed by atoms with E-state index >= 15 is 0 Å². The molecule has 0 spiro atoms. The van der Waals surface area contributed by atoms with Crippen LogP contribution in [0, 0.1) is 0 Å². The first kappa shape index (κ1) is 24.3. The van der Waals surface area contributed by atoms with Crippen molar-refractivity contribution in [2.24, 2.45) is 0 Å². The highest BCUT2D eigenvalue weighted by molar-refractivity contribution is 7.89. The predicted octanol–water partition coefficient (Wildman–Crippen LogP) is 4.53. The number of carbonyl (C=O) groups excluding carboxylic acids is 1. The van der Waals surface area contributed by atoms with Crippen LogP contribution in [0.2, 0.25) is 0 Å². The van der Waals surface area contributed by atoms with Crippen LogP contribution in [0.1, 0.15) is 57.5 Å². The number of rotatable bonds is 5. The fourth-order valence-corrected chi connectivity index (χ4v) is 7.57. The number of hydrogen-bond acceptors (Lipinski definition) is 6. The van der Waals surface area contributed by atoms with Gasteiger partial charge < -0.3 is 9.05 Å². The van der Waals surface area contributed by atoms with Gasteiger partial charge in [-0.1, -0.05) is 35.9 Å². The molecule has 0 bridgehead atoms. The van der Waals surface area contributed by atoms with Gasteiger partial charge in [-0.25, -0.2) is 8.42 Å².